The summed E-state index contributed by atoms with van der Waals surface area (Å²) in [5.41, 5.74) is 0. The number of rotatable bonds is 6. The molecule has 0 saturated carbocycles. The number of hydrogen-bond acceptors (Lipinski definition) is 7. The van der Waals surface area contributed by atoms with Crippen LogP contribution >= 0.6 is 11.8 Å². The highest BCUT2D eigenvalue weighted by Gasteiger charge is 2.38. The van der Waals surface area contributed by atoms with Crippen LogP contribution in [-0.4, -0.2) is 66.1 Å². The number of aliphatic hydroxyl groups excluding tert-OH is 1. The molecular formula is C18H25NO6S. The molecule has 1 heterocycles. The van der Waals surface area contributed by atoms with Crippen molar-refractivity contribution < 1.29 is 28.9 Å². The molecule has 0 fully saturated rings. The molecule has 2 rings (SSSR count). The van der Waals surface area contributed by atoms with Gasteiger partial charge in [0.1, 0.15) is 29.0 Å². The van der Waals surface area contributed by atoms with Gasteiger partial charge in [-0.1, -0.05) is 0 Å². The van der Waals surface area contributed by atoms with Crippen LogP contribution in [0.1, 0.15) is 20.8 Å². The summed E-state index contributed by atoms with van der Waals surface area (Å²) in [6.45, 7) is 6.16. The van der Waals surface area contributed by atoms with Gasteiger partial charge in [0.05, 0.1) is 12.0 Å². The highest BCUT2D eigenvalue weighted by molar-refractivity contribution is 8.00. The molecule has 1 aromatic rings. The number of carbonyl (C=O) groups excluding carboxylic acids is 2. The molecule has 1 aliphatic heterocycles. The van der Waals surface area contributed by atoms with E-state index in [0.717, 1.165) is 11.8 Å². The van der Waals surface area contributed by atoms with E-state index in [1.54, 1.807) is 37.1 Å². The van der Waals surface area contributed by atoms with E-state index in [-0.39, 0.29) is 12.5 Å². The molecule has 0 aromatic heterocycles. The molecule has 144 valence electrons. The molecule has 1 aliphatic rings. The summed E-state index contributed by atoms with van der Waals surface area (Å²) in [5.74, 6) is 0.279. The first-order valence-corrected chi connectivity index (χ1v) is 9.43. The van der Waals surface area contributed by atoms with Crippen molar-refractivity contribution in [3.8, 4) is 11.5 Å². The van der Waals surface area contributed by atoms with Crippen LogP contribution in [0.3, 0.4) is 0 Å². The second-order valence-corrected chi connectivity index (χ2v) is 7.02. The Hall–Kier alpha value is -1.93. The van der Waals surface area contributed by atoms with Crippen LogP contribution in [0.25, 0.3) is 0 Å². The number of thioether (sulfide) groups is 1. The second-order valence-electron chi connectivity index (χ2n) is 5.84. The Balaban J connectivity index is 2.13. The molecule has 3 atom stereocenters. The number of esters is 1. The van der Waals surface area contributed by atoms with Crippen molar-refractivity contribution in [2.75, 3.05) is 26.8 Å². The first-order valence-electron chi connectivity index (χ1n) is 8.55. The van der Waals surface area contributed by atoms with Crippen LogP contribution in [0.5, 0.6) is 11.5 Å². The van der Waals surface area contributed by atoms with E-state index >= 15 is 0 Å². The fraction of sp³-hybridized carbons (Fsp3) is 0.556. The number of aliphatic hydroxyl groups is 1. The van der Waals surface area contributed by atoms with Gasteiger partial charge in [-0.05, 0) is 39.0 Å². The summed E-state index contributed by atoms with van der Waals surface area (Å²) in [6.07, 6.45) is -1.68. The topological polar surface area (TPSA) is 85.3 Å². The fourth-order valence-corrected chi connectivity index (χ4v) is 3.81. The highest BCUT2D eigenvalue weighted by atomic mass is 32.2. The van der Waals surface area contributed by atoms with E-state index < -0.39 is 23.4 Å². The molecule has 0 aliphatic carbocycles. The number of fused-ring (bicyclic) bond motifs is 1. The van der Waals surface area contributed by atoms with Crippen LogP contribution in [0, 0.1) is 0 Å². The number of nitrogens with zero attached hydrogens (tertiary/aromatic N) is 1. The van der Waals surface area contributed by atoms with Crippen molar-refractivity contribution in [1.82, 2.24) is 4.90 Å². The van der Waals surface area contributed by atoms with Gasteiger partial charge in [-0.25, -0.2) is 0 Å². The van der Waals surface area contributed by atoms with Crippen LogP contribution in [-0.2, 0) is 14.3 Å². The number of methoxy groups -OCH3 is 1. The van der Waals surface area contributed by atoms with Crippen molar-refractivity contribution in [1.29, 1.82) is 0 Å². The standard InChI is InChI=1S/C18H25NO6S/c1-5-19(6-2)15(20)10-24-18(22)17-16(21)11(3)25-13-8-7-12(23-4)9-14(13)26-17/h7-9,11,16-17,21H,5-6,10H2,1-4H3/t11?,16-,17-/m0/s1. The molecule has 7 nitrogen and oxygen atoms in total. The van der Waals surface area contributed by atoms with E-state index in [4.69, 9.17) is 14.2 Å². The van der Waals surface area contributed by atoms with Crippen LogP contribution in [0.4, 0.5) is 0 Å². The van der Waals surface area contributed by atoms with Crippen molar-refractivity contribution in [2.24, 2.45) is 0 Å². The first kappa shape index (κ1) is 20.4. The van der Waals surface area contributed by atoms with Gasteiger partial charge >= 0.3 is 5.97 Å². The average Bonchev–Trinajstić information content (AvgIpc) is 2.77. The molecule has 1 aromatic carbocycles. The van der Waals surface area contributed by atoms with Crippen molar-refractivity contribution in [2.45, 2.75) is 43.1 Å². The number of benzene rings is 1. The lowest BCUT2D eigenvalue weighted by Crippen LogP contribution is -2.42. The summed E-state index contributed by atoms with van der Waals surface area (Å²) in [4.78, 5) is 26.8. The van der Waals surface area contributed by atoms with Crippen LogP contribution in [0.2, 0.25) is 0 Å². The quantitative estimate of drug-likeness (QED) is 0.749. The molecule has 0 spiro atoms. The Kier molecular flexibility index (Phi) is 7.16. The minimum Gasteiger partial charge on any atom is -0.497 e. The average molecular weight is 383 g/mol. The Morgan fingerprint density at radius 3 is 2.62 bits per heavy atom. The Morgan fingerprint density at radius 2 is 2.00 bits per heavy atom. The molecule has 0 bridgehead atoms. The normalized spacial score (nSPS) is 21.8. The van der Waals surface area contributed by atoms with E-state index in [1.165, 1.54) is 0 Å². The first-order chi connectivity index (χ1) is 12.4. The highest BCUT2D eigenvalue weighted by Crippen LogP contribution is 2.40. The maximum atomic E-state index is 12.5. The van der Waals surface area contributed by atoms with Crippen molar-refractivity contribution in [3.63, 3.8) is 0 Å². The molecule has 26 heavy (non-hydrogen) atoms. The number of amides is 1. The van der Waals surface area contributed by atoms with E-state index in [0.29, 0.717) is 29.5 Å². The lowest BCUT2D eigenvalue weighted by molar-refractivity contribution is -0.153. The predicted octanol–water partition coefficient (Wildman–Crippen LogP) is 1.71. The van der Waals surface area contributed by atoms with Gasteiger partial charge in [-0.3, -0.25) is 9.59 Å². The molecule has 1 N–H and O–H groups in total. The minimum absolute atomic E-state index is 0.261. The van der Waals surface area contributed by atoms with E-state index in [2.05, 4.69) is 0 Å². The summed E-state index contributed by atoms with van der Waals surface area (Å²) in [7, 11) is 1.55. The Labute approximate surface area is 157 Å². The summed E-state index contributed by atoms with van der Waals surface area (Å²) >= 11 is 1.14. The number of hydrogen-bond donors (Lipinski definition) is 1. The van der Waals surface area contributed by atoms with Gasteiger partial charge in [0, 0.05) is 13.1 Å². The summed E-state index contributed by atoms with van der Waals surface area (Å²) in [6, 6.07) is 5.23. The van der Waals surface area contributed by atoms with Gasteiger partial charge < -0.3 is 24.2 Å². The van der Waals surface area contributed by atoms with Crippen molar-refractivity contribution >= 4 is 23.6 Å². The third-order valence-electron chi connectivity index (χ3n) is 4.20. The molecular weight excluding hydrogens is 358 g/mol. The molecule has 0 radical (unpaired) electrons. The van der Waals surface area contributed by atoms with Gasteiger partial charge in [0.2, 0.25) is 0 Å². The van der Waals surface area contributed by atoms with Crippen molar-refractivity contribution in [3.05, 3.63) is 18.2 Å². The van der Waals surface area contributed by atoms with Crippen LogP contribution < -0.4 is 9.47 Å². The zero-order valence-electron chi connectivity index (χ0n) is 15.4. The van der Waals surface area contributed by atoms with E-state index in [1.807, 2.05) is 13.8 Å². The Bertz CT molecular complexity index is 649. The molecule has 8 heteroatoms. The lowest BCUT2D eigenvalue weighted by atomic mass is 10.1. The molecule has 1 amide bonds. The fourth-order valence-electron chi connectivity index (χ4n) is 2.60. The number of carbonyl (C=O) groups is 2. The zero-order chi connectivity index (χ0) is 19.3. The monoisotopic (exact) mass is 383 g/mol. The lowest BCUT2D eigenvalue weighted by Gasteiger charge is -2.23. The number of ether oxygens (including phenoxy) is 3. The molecule has 0 saturated heterocycles. The predicted molar refractivity (Wildman–Crippen MR) is 97.6 cm³/mol. The molecule has 1 unspecified atom stereocenters. The number of likely N-dealkylation sites (N-methyl/N-ethyl adjacent to an activating group) is 1. The smallest absolute Gasteiger partial charge is 0.322 e. The third-order valence-corrected chi connectivity index (χ3v) is 5.49. The second kappa shape index (κ2) is 9.14. The minimum atomic E-state index is -1.07. The Morgan fingerprint density at radius 1 is 1.31 bits per heavy atom. The van der Waals surface area contributed by atoms with Crippen LogP contribution in [0.15, 0.2) is 23.1 Å². The SMILES string of the molecule is CCN(CC)C(=O)COC(=O)[C@H]1Sc2cc(OC)ccc2OC(C)[C@@H]1O. The van der Waals surface area contributed by atoms with E-state index in [9.17, 15) is 14.7 Å². The summed E-state index contributed by atoms with van der Waals surface area (Å²) < 4.78 is 16.1. The van der Waals surface area contributed by atoms with Gasteiger partial charge in [-0.15, -0.1) is 11.8 Å². The van der Waals surface area contributed by atoms with Gasteiger partial charge in [0.25, 0.3) is 5.91 Å². The van der Waals surface area contributed by atoms with Gasteiger partial charge in [0.15, 0.2) is 6.61 Å². The maximum Gasteiger partial charge on any atom is 0.322 e. The van der Waals surface area contributed by atoms with Gasteiger partial charge in [-0.2, -0.15) is 0 Å². The largest absolute Gasteiger partial charge is 0.497 e. The third kappa shape index (κ3) is 4.62. The maximum absolute atomic E-state index is 12.5. The zero-order valence-corrected chi connectivity index (χ0v) is 16.2. The summed E-state index contributed by atoms with van der Waals surface area (Å²) in [5, 5.41) is 9.58.